The molecule has 180 valence electrons. The van der Waals surface area contributed by atoms with Gasteiger partial charge in [-0.3, -0.25) is 4.79 Å². The molecule has 5 rings (SSSR count). The van der Waals surface area contributed by atoms with Crippen LogP contribution in [0.15, 0.2) is 42.6 Å². The van der Waals surface area contributed by atoms with Crippen LogP contribution in [0.5, 0.6) is 0 Å². The molecule has 0 spiro atoms. The number of carbonyl (C=O) groups excluding carboxylic acids is 1. The van der Waals surface area contributed by atoms with E-state index in [1.807, 2.05) is 0 Å². The summed E-state index contributed by atoms with van der Waals surface area (Å²) in [6.07, 6.45) is -2.72. The van der Waals surface area contributed by atoms with Gasteiger partial charge >= 0.3 is 6.18 Å². The fraction of sp³-hybridized carbons (Fsp3) is 0.261. The van der Waals surface area contributed by atoms with E-state index in [9.17, 15) is 22.4 Å². The average Bonchev–Trinajstić information content (AvgIpc) is 3.22. The van der Waals surface area contributed by atoms with Crippen molar-refractivity contribution in [2.24, 2.45) is 0 Å². The average molecular weight is 485 g/mol. The van der Waals surface area contributed by atoms with Crippen LogP contribution in [0.3, 0.4) is 0 Å². The number of hydrogen-bond acceptors (Lipinski definition) is 5. The Morgan fingerprint density at radius 1 is 1.14 bits per heavy atom. The molecule has 1 aliphatic carbocycles. The zero-order valence-electron chi connectivity index (χ0n) is 18.6. The Morgan fingerprint density at radius 3 is 2.51 bits per heavy atom. The molecular weight excluding hydrogens is 466 g/mol. The molecule has 35 heavy (non-hydrogen) atoms. The number of amides is 1. The highest BCUT2D eigenvalue weighted by Crippen LogP contribution is 2.50. The van der Waals surface area contributed by atoms with Crippen LogP contribution in [0.2, 0.25) is 0 Å². The van der Waals surface area contributed by atoms with Crippen LogP contribution in [0, 0.1) is 19.7 Å². The number of aromatic amines is 1. The number of aryl methyl sites for hydroxylation is 2. The first-order valence-electron chi connectivity index (χ1n) is 10.7. The van der Waals surface area contributed by atoms with Gasteiger partial charge in [0.15, 0.2) is 5.69 Å². The molecule has 12 heteroatoms. The van der Waals surface area contributed by atoms with Gasteiger partial charge in [-0.05, 0) is 61.7 Å². The fourth-order valence-corrected chi connectivity index (χ4v) is 4.13. The van der Waals surface area contributed by atoms with Crippen molar-refractivity contribution in [1.82, 2.24) is 30.2 Å². The van der Waals surface area contributed by atoms with Gasteiger partial charge in [0, 0.05) is 23.0 Å². The number of alkyl halides is 3. The van der Waals surface area contributed by atoms with Crippen molar-refractivity contribution in [2.75, 3.05) is 5.32 Å². The Bertz CT molecular complexity index is 1420. The monoisotopic (exact) mass is 485 g/mol. The molecule has 0 radical (unpaired) electrons. The first-order chi connectivity index (χ1) is 16.6. The second kappa shape index (κ2) is 8.00. The van der Waals surface area contributed by atoms with Crippen molar-refractivity contribution in [3.8, 4) is 17.1 Å². The summed E-state index contributed by atoms with van der Waals surface area (Å²) in [6.45, 7) is 3.21. The molecule has 1 aliphatic rings. The fourth-order valence-electron chi connectivity index (χ4n) is 4.13. The van der Waals surface area contributed by atoms with Gasteiger partial charge in [0.2, 0.25) is 11.7 Å². The van der Waals surface area contributed by atoms with Crippen LogP contribution in [0.1, 0.15) is 35.5 Å². The van der Waals surface area contributed by atoms with Gasteiger partial charge in [-0.1, -0.05) is 12.1 Å². The maximum atomic E-state index is 14.6. The number of imidazole rings is 1. The third-order valence-corrected chi connectivity index (χ3v) is 6.10. The lowest BCUT2D eigenvalue weighted by atomic mass is 9.93. The Morgan fingerprint density at radius 2 is 1.91 bits per heavy atom. The van der Waals surface area contributed by atoms with E-state index in [2.05, 4.69) is 30.9 Å². The number of nitrogens with zero attached hydrogens (tertiary/aromatic N) is 5. The van der Waals surface area contributed by atoms with Gasteiger partial charge < -0.3 is 9.88 Å². The number of anilines is 1. The summed E-state index contributed by atoms with van der Waals surface area (Å²) in [6, 6.07) is 9.40. The number of rotatable bonds is 5. The van der Waals surface area contributed by atoms with E-state index in [-0.39, 0.29) is 17.6 Å². The van der Waals surface area contributed by atoms with Crippen molar-refractivity contribution in [3.63, 3.8) is 0 Å². The minimum Gasteiger partial charge on any atom is -0.325 e. The van der Waals surface area contributed by atoms with Crippen molar-refractivity contribution >= 4 is 11.6 Å². The van der Waals surface area contributed by atoms with Crippen molar-refractivity contribution < 1.29 is 22.4 Å². The van der Waals surface area contributed by atoms with E-state index in [1.165, 1.54) is 29.7 Å². The van der Waals surface area contributed by atoms with Crippen LogP contribution in [-0.4, -0.2) is 36.1 Å². The molecule has 0 bridgehead atoms. The predicted molar refractivity (Wildman–Crippen MR) is 117 cm³/mol. The molecule has 0 atom stereocenters. The molecule has 0 unspecified atom stereocenters. The summed E-state index contributed by atoms with van der Waals surface area (Å²) < 4.78 is 55.5. The number of H-pyrrole nitrogens is 1. The quantitative estimate of drug-likeness (QED) is 0.406. The summed E-state index contributed by atoms with van der Waals surface area (Å²) in [5.41, 5.74) is 0.0717. The van der Waals surface area contributed by atoms with Gasteiger partial charge in [-0.15, -0.1) is 10.2 Å². The molecule has 2 N–H and O–H groups in total. The lowest BCUT2D eigenvalue weighted by molar-refractivity contribution is -0.141. The summed E-state index contributed by atoms with van der Waals surface area (Å²) in [5, 5.41) is 16.5. The minimum absolute atomic E-state index is 0.102. The van der Waals surface area contributed by atoms with Crippen LogP contribution in [-0.2, 0) is 16.4 Å². The van der Waals surface area contributed by atoms with Gasteiger partial charge in [-0.25, -0.2) is 9.37 Å². The molecule has 1 saturated carbocycles. The first-order valence-corrected chi connectivity index (χ1v) is 10.7. The summed E-state index contributed by atoms with van der Waals surface area (Å²) >= 11 is 0. The first kappa shape index (κ1) is 22.7. The third-order valence-electron chi connectivity index (χ3n) is 6.10. The normalized spacial score (nSPS) is 14.7. The van der Waals surface area contributed by atoms with Crippen LogP contribution < -0.4 is 5.32 Å². The number of nitrogens with one attached hydrogen (secondary N) is 2. The van der Waals surface area contributed by atoms with Gasteiger partial charge in [0.25, 0.3) is 0 Å². The van der Waals surface area contributed by atoms with Gasteiger partial charge in [0.05, 0.1) is 11.1 Å². The molecule has 2 aromatic heterocycles. The number of hydrogen-bond donors (Lipinski definition) is 2. The second-order valence-corrected chi connectivity index (χ2v) is 8.53. The maximum Gasteiger partial charge on any atom is 0.434 e. The molecule has 1 amide bonds. The zero-order chi connectivity index (χ0) is 25.0. The Hall–Kier alpha value is -4.09. The summed E-state index contributed by atoms with van der Waals surface area (Å²) in [5.74, 6) is -0.587. The van der Waals surface area contributed by atoms with E-state index in [0.717, 1.165) is 11.8 Å². The van der Waals surface area contributed by atoms with E-state index < -0.39 is 23.1 Å². The highest BCUT2D eigenvalue weighted by Gasteiger charge is 2.52. The molecule has 2 aromatic carbocycles. The van der Waals surface area contributed by atoms with Crippen molar-refractivity contribution in [1.29, 1.82) is 0 Å². The second-order valence-electron chi connectivity index (χ2n) is 8.53. The zero-order valence-corrected chi connectivity index (χ0v) is 18.6. The van der Waals surface area contributed by atoms with Crippen LogP contribution in [0.25, 0.3) is 17.1 Å². The maximum absolute atomic E-state index is 14.6. The molecule has 1 fully saturated rings. The Labute approximate surface area is 196 Å². The minimum atomic E-state index is -4.61. The van der Waals surface area contributed by atoms with E-state index >= 15 is 0 Å². The van der Waals surface area contributed by atoms with Crippen LogP contribution >= 0.6 is 0 Å². The molecule has 8 nitrogen and oxygen atoms in total. The molecule has 4 aromatic rings. The number of halogens is 4. The van der Waals surface area contributed by atoms with Gasteiger partial charge in [-0.2, -0.15) is 18.4 Å². The van der Waals surface area contributed by atoms with Crippen molar-refractivity contribution in [2.45, 2.75) is 38.3 Å². The van der Waals surface area contributed by atoms with E-state index in [1.54, 1.807) is 25.1 Å². The van der Waals surface area contributed by atoms with E-state index in [0.29, 0.717) is 35.3 Å². The largest absolute Gasteiger partial charge is 0.434 e. The number of aromatic nitrogens is 6. The standard InChI is InChI=1S/C23H19F4N7O/c1-12-3-5-16(17(24)9-12)22(7-8-22)21(35)29-14-4-6-18(15(10-14)20-30-32-33-31-20)34-11-19(23(25,26)27)28-13(34)2/h3-6,9-11H,7-8H2,1-2H3,(H,29,35)(H,30,31,32,33). The highest BCUT2D eigenvalue weighted by molar-refractivity contribution is 6.02. The smallest absolute Gasteiger partial charge is 0.325 e. The molecular formula is C23H19F4N7O. The Kier molecular flexibility index (Phi) is 5.18. The number of benzene rings is 2. The van der Waals surface area contributed by atoms with Crippen molar-refractivity contribution in [3.05, 3.63) is 71.1 Å². The Balaban J connectivity index is 1.51. The SMILES string of the molecule is Cc1ccc(C2(C(=O)Nc3ccc(-n4cc(C(F)(F)F)nc4C)c(-c4nn[nH]n4)c3)CC2)c(F)c1. The molecule has 0 aliphatic heterocycles. The summed E-state index contributed by atoms with van der Waals surface area (Å²) in [7, 11) is 0. The molecule has 0 saturated heterocycles. The lowest BCUT2D eigenvalue weighted by Gasteiger charge is -2.18. The van der Waals surface area contributed by atoms with Crippen LogP contribution in [0.4, 0.5) is 23.2 Å². The lowest BCUT2D eigenvalue weighted by Crippen LogP contribution is -2.28. The number of tetrazole rings is 1. The van der Waals surface area contributed by atoms with E-state index in [4.69, 9.17) is 0 Å². The van der Waals surface area contributed by atoms with Gasteiger partial charge in [0.1, 0.15) is 11.6 Å². The highest BCUT2D eigenvalue weighted by atomic mass is 19.4. The summed E-state index contributed by atoms with van der Waals surface area (Å²) in [4.78, 5) is 16.8. The topological polar surface area (TPSA) is 101 Å². The predicted octanol–water partition coefficient (Wildman–Crippen LogP) is 4.50. The third kappa shape index (κ3) is 4.04. The molecule has 2 heterocycles. The number of carbonyl (C=O) groups is 1.